The van der Waals surface area contributed by atoms with Gasteiger partial charge in [0.25, 0.3) is 5.56 Å². The van der Waals surface area contributed by atoms with Crippen molar-refractivity contribution in [1.29, 1.82) is 0 Å². The van der Waals surface area contributed by atoms with Gasteiger partial charge >= 0.3 is 0 Å². The highest BCUT2D eigenvalue weighted by Crippen LogP contribution is 2.35. The molecule has 3 aliphatic rings. The summed E-state index contributed by atoms with van der Waals surface area (Å²) in [5.74, 6) is 1.53. The van der Waals surface area contributed by atoms with Crippen LogP contribution in [-0.4, -0.2) is 74.3 Å². The topological polar surface area (TPSA) is 92.2 Å². The van der Waals surface area contributed by atoms with Crippen LogP contribution >= 0.6 is 0 Å². The number of pyridine rings is 1. The van der Waals surface area contributed by atoms with Crippen molar-refractivity contribution in [3.05, 3.63) is 46.0 Å². The van der Waals surface area contributed by atoms with Gasteiger partial charge in [-0.05, 0) is 59.7 Å². The highest BCUT2D eigenvalue weighted by Gasteiger charge is 2.35. The fourth-order valence-electron chi connectivity index (χ4n) is 6.62. The number of nitrogens with one attached hydrogen (secondary N) is 1. The van der Waals surface area contributed by atoms with E-state index in [0.29, 0.717) is 17.6 Å². The molecule has 192 valence electrons. The smallest absolute Gasteiger partial charge is 0.253 e. The molecule has 2 saturated carbocycles. The number of hydrogen-bond acceptors (Lipinski definition) is 7. The number of piperazine rings is 1. The maximum absolute atomic E-state index is 13.5. The van der Waals surface area contributed by atoms with Crippen LogP contribution in [0.1, 0.15) is 81.3 Å². The summed E-state index contributed by atoms with van der Waals surface area (Å²) in [6.45, 7) is 3.85. The first-order valence-corrected chi connectivity index (χ1v) is 13.7. The van der Waals surface area contributed by atoms with E-state index in [4.69, 9.17) is 4.74 Å². The number of aromatic nitrogens is 5. The molecule has 6 rings (SSSR count). The molecule has 3 heterocycles. The molecule has 0 amide bonds. The number of rotatable bonds is 6. The molecule has 1 aliphatic heterocycles. The first-order valence-electron chi connectivity index (χ1n) is 13.7. The lowest BCUT2D eigenvalue weighted by Crippen LogP contribution is -2.52. The fraction of sp³-hybridized carbons (Fsp3) is 0.630. The van der Waals surface area contributed by atoms with E-state index in [1.54, 1.807) is 7.11 Å². The lowest BCUT2D eigenvalue weighted by Gasteiger charge is -2.43. The third-order valence-corrected chi connectivity index (χ3v) is 8.61. The molecule has 1 saturated heterocycles. The van der Waals surface area contributed by atoms with E-state index in [1.165, 1.54) is 44.9 Å². The third-order valence-electron chi connectivity index (χ3n) is 8.61. The molecule has 1 aromatic carbocycles. The number of H-pyrrole nitrogens is 1. The molecule has 3 fully saturated rings. The summed E-state index contributed by atoms with van der Waals surface area (Å²) in [5, 5.41) is 14.1. The Bertz CT molecular complexity index is 1230. The minimum absolute atomic E-state index is 0.0866. The predicted molar refractivity (Wildman–Crippen MR) is 138 cm³/mol. The molecule has 1 unspecified atom stereocenters. The Labute approximate surface area is 211 Å². The van der Waals surface area contributed by atoms with Crippen molar-refractivity contribution in [2.75, 3.05) is 33.3 Å². The Morgan fingerprint density at radius 1 is 0.944 bits per heavy atom. The van der Waals surface area contributed by atoms with Gasteiger partial charge in [0.05, 0.1) is 18.7 Å². The minimum atomic E-state index is -0.274. The molecule has 1 atom stereocenters. The van der Waals surface area contributed by atoms with Crippen LogP contribution in [0.4, 0.5) is 0 Å². The Hall–Kier alpha value is -2.78. The molecule has 0 radical (unpaired) electrons. The molecule has 2 aromatic heterocycles. The number of hydrogen-bond donors (Lipinski definition) is 1. The SMILES string of the molecule is COc1ccc2cc(C(c3nnnn3C3CCCC3)N3CCN(C4CCCCC4)CC3)c(=O)[nH]c2c1. The zero-order valence-corrected chi connectivity index (χ0v) is 21.2. The maximum Gasteiger partial charge on any atom is 0.253 e. The highest BCUT2D eigenvalue weighted by molar-refractivity contribution is 5.80. The van der Waals surface area contributed by atoms with E-state index in [-0.39, 0.29) is 11.6 Å². The number of aromatic amines is 1. The number of ether oxygens (including phenoxy) is 1. The van der Waals surface area contributed by atoms with Crippen LogP contribution in [0.5, 0.6) is 5.75 Å². The standard InChI is InChI=1S/C27H37N7O2/c1-36-22-12-11-19-17-23(27(35)28-24(19)18-22)25(26-29-30-31-34(26)21-9-5-6-10-21)33-15-13-32(14-16-33)20-7-3-2-4-8-20/h11-12,17-18,20-21,25H,2-10,13-16H2,1H3,(H,28,35). The minimum Gasteiger partial charge on any atom is -0.497 e. The Morgan fingerprint density at radius 3 is 2.42 bits per heavy atom. The average Bonchev–Trinajstić information content (AvgIpc) is 3.62. The summed E-state index contributed by atoms with van der Waals surface area (Å²) in [6.07, 6.45) is 11.3. The maximum atomic E-state index is 13.5. The van der Waals surface area contributed by atoms with Crippen LogP contribution < -0.4 is 10.3 Å². The van der Waals surface area contributed by atoms with Gasteiger partial charge in [-0.25, -0.2) is 4.68 Å². The summed E-state index contributed by atoms with van der Waals surface area (Å²) < 4.78 is 7.38. The average molecular weight is 492 g/mol. The zero-order valence-electron chi connectivity index (χ0n) is 21.2. The van der Waals surface area contributed by atoms with Crippen LogP contribution in [-0.2, 0) is 0 Å². The summed E-state index contributed by atoms with van der Waals surface area (Å²) in [7, 11) is 1.64. The van der Waals surface area contributed by atoms with Gasteiger partial charge in [0.15, 0.2) is 5.82 Å². The van der Waals surface area contributed by atoms with Crippen molar-refractivity contribution in [1.82, 2.24) is 35.0 Å². The second-order valence-corrected chi connectivity index (χ2v) is 10.7. The van der Waals surface area contributed by atoms with E-state index in [2.05, 4.69) is 30.3 Å². The lowest BCUT2D eigenvalue weighted by atomic mass is 9.93. The summed E-state index contributed by atoms with van der Waals surface area (Å²) in [6, 6.07) is 8.59. The van der Waals surface area contributed by atoms with Gasteiger partial charge in [-0.15, -0.1) is 5.10 Å². The Balaban J connectivity index is 1.36. The molecule has 9 nitrogen and oxygen atoms in total. The monoisotopic (exact) mass is 491 g/mol. The Morgan fingerprint density at radius 2 is 1.67 bits per heavy atom. The molecule has 2 aliphatic carbocycles. The van der Waals surface area contributed by atoms with Gasteiger partial charge in [-0.2, -0.15) is 0 Å². The fourth-order valence-corrected chi connectivity index (χ4v) is 6.62. The quantitative estimate of drug-likeness (QED) is 0.562. The van der Waals surface area contributed by atoms with E-state index in [1.807, 2.05) is 28.9 Å². The van der Waals surface area contributed by atoms with E-state index >= 15 is 0 Å². The molecular formula is C27H37N7O2. The number of nitrogens with zero attached hydrogens (tertiary/aromatic N) is 6. The third kappa shape index (κ3) is 4.54. The van der Waals surface area contributed by atoms with Gasteiger partial charge in [0.1, 0.15) is 11.8 Å². The molecule has 1 N–H and O–H groups in total. The van der Waals surface area contributed by atoms with Crippen molar-refractivity contribution in [3.8, 4) is 5.75 Å². The summed E-state index contributed by atoms with van der Waals surface area (Å²) in [4.78, 5) is 21.8. The Kier molecular flexibility index (Phi) is 6.75. The van der Waals surface area contributed by atoms with E-state index in [0.717, 1.165) is 61.5 Å². The largest absolute Gasteiger partial charge is 0.497 e. The second kappa shape index (κ2) is 10.3. The van der Waals surface area contributed by atoms with Gasteiger partial charge in [-0.1, -0.05) is 32.1 Å². The predicted octanol–water partition coefficient (Wildman–Crippen LogP) is 3.68. The zero-order chi connectivity index (χ0) is 24.5. The van der Waals surface area contributed by atoms with Gasteiger partial charge in [0.2, 0.25) is 0 Å². The van der Waals surface area contributed by atoms with Crippen molar-refractivity contribution >= 4 is 10.9 Å². The lowest BCUT2D eigenvalue weighted by molar-refractivity contribution is 0.0613. The number of tetrazole rings is 1. The molecule has 3 aromatic rings. The summed E-state index contributed by atoms with van der Waals surface area (Å²) >= 11 is 0. The van der Waals surface area contributed by atoms with Crippen LogP contribution in [0.25, 0.3) is 10.9 Å². The van der Waals surface area contributed by atoms with Crippen molar-refractivity contribution < 1.29 is 4.74 Å². The molecule has 0 bridgehead atoms. The normalized spacial score (nSPS) is 21.8. The van der Waals surface area contributed by atoms with Crippen LogP contribution in [0, 0.1) is 0 Å². The van der Waals surface area contributed by atoms with Crippen molar-refractivity contribution in [2.45, 2.75) is 75.9 Å². The van der Waals surface area contributed by atoms with Crippen molar-refractivity contribution in [2.24, 2.45) is 0 Å². The molecule has 9 heteroatoms. The van der Waals surface area contributed by atoms with Gasteiger partial charge in [-0.3, -0.25) is 14.6 Å². The van der Waals surface area contributed by atoms with Crippen LogP contribution in [0.2, 0.25) is 0 Å². The number of methoxy groups -OCH3 is 1. The first-order chi connectivity index (χ1) is 17.7. The van der Waals surface area contributed by atoms with Gasteiger partial charge < -0.3 is 9.72 Å². The highest BCUT2D eigenvalue weighted by atomic mass is 16.5. The number of fused-ring (bicyclic) bond motifs is 1. The van der Waals surface area contributed by atoms with Gasteiger partial charge in [0, 0.05) is 43.9 Å². The van der Waals surface area contributed by atoms with E-state index in [9.17, 15) is 4.79 Å². The van der Waals surface area contributed by atoms with Crippen molar-refractivity contribution in [3.63, 3.8) is 0 Å². The molecular weight excluding hydrogens is 454 g/mol. The summed E-state index contributed by atoms with van der Waals surface area (Å²) in [5.41, 5.74) is 1.41. The van der Waals surface area contributed by atoms with Crippen LogP contribution in [0.15, 0.2) is 29.1 Å². The second-order valence-electron chi connectivity index (χ2n) is 10.7. The molecule has 36 heavy (non-hydrogen) atoms. The van der Waals surface area contributed by atoms with Crippen LogP contribution in [0.3, 0.4) is 0 Å². The molecule has 0 spiro atoms. The number of benzene rings is 1. The van der Waals surface area contributed by atoms with E-state index < -0.39 is 0 Å². The first kappa shape index (κ1) is 23.6.